The maximum absolute atomic E-state index is 12.8. The van der Waals surface area contributed by atoms with Crippen molar-refractivity contribution in [2.75, 3.05) is 11.9 Å². The smallest absolute Gasteiger partial charge is 0.338 e. The SMILES string of the molecule is CCCCCOC(=O)C1=C(C)Nc2nnnn2C1c1ccc([N+](=O)[O-])cc1. The van der Waals surface area contributed by atoms with Gasteiger partial charge in [0.15, 0.2) is 0 Å². The minimum atomic E-state index is -0.629. The summed E-state index contributed by atoms with van der Waals surface area (Å²) in [5, 5.41) is 25.4. The molecule has 10 heteroatoms. The number of tetrazole rings is 1. The van der Waals surface area contributed by atoms with Crippen molar-refractivity contribution in [3.8, 4) is 0 Å². The third-order valence-electron chi connectivity index (χ3n) is 4.33. The first-order valence-electron chi connectivity index (χ1n) is 8.70. The predicted molar refractivity (Wildman–Crippen MR) is 95.9 cm³/mol. The van der Waals surface area contributed by atoms with Gasteiger partial charge in [-0.2, -0.15) is 4.68 Å². The molecule has 10 nitrogen and oxygen atoms in total. The van der Waals surface area contributed by atoms with E-state index in [1.54, 1.807) is 19.1 Å². The van der Waals surface area contributed by atoms with Gasteiger partial charge in [0, 0.05) is 17.8 Å². The molecule has 1 unspecified atom stereocenters. The Hall–Kier alpha value is -3.30. The standard InChI is InChI=1S/C17H20N6O4/c1-3-4-5-10-27-16(24)14-11(2)18-17-19-20-21-22(17)15(14)12-6-8-13(9-7-12)23(25)26/h6-9,15H,3-5,10H2,1-2H3,(H,18,19,21). The van der Waals surface area contributed by atoms with Crippen LogP contribution in [0, 0.1) is 10.1 Å². The van der Waals surface area contributed by atoms with Gasteiger partial charge in [-0.05, 0) is 41.5 Å². The Morgan fingerprint density at radius 2 is 2.07 bits per heavy atom. The maximum Gasteiger partial charge on any atom is 0.338 e. The number of fused-ring (bicyclic) bond motifs is 1. The summed E-state index contributed by atoms with van der Waals surface area (Å²) in [7, 11) is 0. The van der Waals surface area contributed by atoms with Crippen molar-refractivity contribution in [1.82, 2.24) is 20.2 Å². The van der Waals surface area contributed by atoms with Crippen molar-refractivity contribution >= 4 is 17.6 Å². The zero-order valence-electron chi connectivity index (χ0n) is 15.1. The van der Waals surface area contributed by atoms with Gasteiger partial charge in [-0.25, -0.2) is 4.79 Å². The number of benzene rings is 1. The van der Waals surface area contributed by atoms with E-state index in [1.165, 1.54) is 16.8 Å². The van der Waals surface area contributed by atoms with E-state index < -0.39 is 16.9 Å². The number of unbranched alkanes of at least 4 members (excludes halogenated alkanes) is 2. The summed E-state index contributed by atoms with van der Waals surface area (Å²) in [6.07, 6.45) is 2.80. The molecule has 0 amide bonds. The zero-order chi connectivity index (χ0) is 19.4. The van der Waals surface area contributed by atoms with Gasteiger partial charge < -0.3 is 10.1 Å². The quantitative estimate of drug-likeness (QED) is 0.340. The first kappa shape index (κ1) is 18.5. The van der Waals surface area contributed by atoms with Gasteiger partial charge in [0.1, 0.15) is 6.04 Å². The number of nitro benzene ring substituents is 1. The van der Waals surface area contributed by atoms with Crippen LogP contribution in [-0.4, -0.2) is 37.7 Å². The van der Waals surface area contributed by atoms with Crippen LogP contribution in [0.1, 0.15) is 44.7 Å². The molecule has 1 aromatic carbocycles. The normalized spacial score (nSPS) is 15.9. The lowest BCUT2D eigenvalue weighted by Gasteiger charge is -2.27. The molecule has 2 aromatic rings. The topological polar surface area (TPSA) is 125 Å². The first-order valence-corrected chi connectivity index (χ1v) is 8.70. The molecule has 0 radical (unpaired) electrons. The second kappa shape index (κ2) is 7.94. The lowest BCUT2D eigenvalue weighted by Crippen LogP contribution is -2.29. The van der Waals surface area contributed by atoms with Crippen molar-refractivity contribution < 1.29 is 14.5 Å². The molecule has 1 aliphatic rings. The van der Waals surface area contributed by atoms with E-state index in [1.807, 2.05) is 0 Å². The molecule has 0 saturated heterocycles. The number of allylic oxidation sites excluding steroid dienone is 1. The summed E-state index contributed by atoms with van der Waals surface area (Å²) in [6.45, 7) is 4.15. The van der Waals surface area contributed by atoms with Crippen molar-refractivity contribution in [2.45, 2.75) is 39.2 Å². The zero-order valence-corrected chi connectivity index (χ0v) is 15.1. The number of carbonyl (C=O) groups excluding carboxylic acids is 1. The summed E-state index contributed by atoms with van der Waals surface area (Å²) < 4.78 is 6.90. The highest BCUT2D eigenvalue weighted by Gasteiger charge is 2.35. The number of esters is 1. The van der Waals surface area contributed by atoms with Gasteiger partial charge >= 0.3 is 5.97 Å². The Kier molecular flexibility index (Phi) is 5.43. The van der Waals surface area contributed by atoms with E-state index in [-0.39, 0.29) is 5.69 Å². The average Bonchev–Trinajstić information content (AvgIpc) is 3.12. The van der Waals surface area contributed by atoms with E-state index in [9.17, 15) is 14.9 Å². The highest BCUT2D eigenvalue weighted by Crippen LogP contribution is 2.35. The van der Waals surface area contributed by atoms with Crippen molar-refractivity contribution in [3.05, 3.63) is 51.2 Å². The molecule has 2 heterocycles. The Morgan fingerprint density at radius 1 is 1.33 bits per heavy atom. The van der Waals surface area contributed by atoms with Crippen LogP contribution in [0.4, 0.5) is 11.6 Å². The summed E-state index contributed by atoms with van der Waals surface area (Å²) in [4.78, 5) is 23.2. The number of hydrogen-bond donors (Lipinski definition) is 1. The summed E-state index contributed by atoms with van der Waals surface area (Å²) in [5.74, 6) is -0.0704. The molecule has 1 atom stereocenters. The van der Waals surface area contributed by atoms with E-state index >= 15 is 0 Å². The number of nitrogens with one attached hydrogen (secondary N) is 1. The van der Waals surface area contributed by atoms with Gasteiger partial charge in [-0.15, -0.1) is 0 Å². The number of ether oxygens (including phenoxy) is 1. The van der Waals surface area contributed by atoms with Gasteiger partial charge in [-0.3, -0.25) is 10.1 Å². The largest absolute Gasteiger partial charge is 0.462 e. The van der Waals surface area contributed by atoms with Crippen LogP contribution < -0.4 is 5.32 Å². The highest BCUT2D eigenvalue weighted by atomic mass is 16.6. The lowest BCUT2D eigenvalue weighted by molar-refractivity contribution is -0.384. The molecule has 1 aliphatic heterocycles. The number of nitro groups is 1. The number of hydrogen-bond acceptors (Lipinski definition) is 8. The van der Waals surface area contributed by atoms with Gasteiger partial charge in [-0.1, -0.05) is 24.9 Å². The van der Waals surface area contributed by atoms with Crippen molar-refractivity contribution in [2.24, 2.45) is 0 Å². The van der Waals surface area contributed by atoms with E-state index in [2.05, 4.69) is 27.8 Å². The number of non-ortho nitro benzene ring substituents is 1. The fourth-order valence-corrected chi connectivity index (χ4v) is 2.96. The number of nitrogens with zero attached hydrogens (tertiary/aromatic N) is 5. The number of aromatic nitrogens is 4. The molecule has 0 aliphatic carbocycles. The minimum Gasteiger partial charge on any atom is -0.462 e. The van der Waals surface area contributed by atoms with Gasteiger partial charge in [0.05, 0.1) is 17.1 Å². The molecule has 142 valence electrons. The van der Waals surface area contributed by atoms with E-state index in [4.69, 9.17) is 4.74 Å². The molecule has 0 bridgehead atoms. The number of anilines is 1. The number of carbonyl (C=O) groups is 1. The molecule has 1 N–H and O–H groups in total. The monoisotopic (exact) mass is 372 g/mol. The number of rotatable bonds is 7. The molecule has 0 fully saturated rings. The molecule has 0 spiro atoms. The summed E-state index contributed by atoms with van der Waals surface area (Å²) in [5.41, 5.74) is 1.57. The van der Waals surface area contributed by atoms with Crippen LogP contribution in [0.5, 0.6) is 0 Å². The lowest BCUT2D eigenvalue weighted by atomic mass is 9.95. The average molecular weight is 372 g/mol. The Labute approximate surface area is 155 Å². The fraction of sp³-hybridized carbons (Fsp3) is 0.412. The second-order valence-corrected chi connectivity index (χ2v) is 6.20. The van der Waals surface area contributed by atoms with Crippen LogP contribution in [0.15, 0.2) is 35.5 Å². The third kappa shape index (κ3) is 3.78. The third-order valence-corrected chi connectivity index (χ3v) is 4.33. The molecular weight excluding hydrogens is 352 g/mol. The molecule has 1 aromatic heterocycles. The molecule has 0 saturated carbocycles. The first-order chi connectivity index (χ1) is 13.0. The Balaban J connectivity index is 1.94. The van der Waals surface area contributed by atoms with Crippen molar-refractivity contribution in [1.29, 1.82) is 0 Å². The summed E-state index contributed by atoms with van der Waals surface area (Å²) >= 11 is 0. The Morgan fingerprint density at radius 3 is 2.74 bits per heavy atom. The van der Waals surface area contributed by atoms with Crippen LogP contribution in [0.25, 0.3) is 0 Å². The van der Waals surface area contributed by atoms with E-state index in [0.717, 1.165) is 19.3 Å². The molecular formula is C17H20N6O4. The summed E-state index contributed by atoms with van der Waals surface area (Å²) in [6, 6.07) is 5.34. The minimum absolute atomic E-state index is 0.0333. The molecule has 3 rings (SSSR count). The fourth-order valence-electron chi connectivity index (χ4n) is 2.96. The van der Waals surface area contributed by atoms with E-state index in [0.29, 0.717) is 29.4 Å². The highest BCUT2D eigenvalue weighted by molar-refractivity contribution is 5.92. The Bertz CT molecular complexity index is 874. The predicted octanol–water partition coefficient (Wildman–Crippen LogP) is 2.60. The van der Waals surface area contributed by atoms with Crippen molar-refractivity contribution in [3.63, 3.8) is 0 Å². The second-order valence-electron chi connectivity index (χ2n) is 6.20. The van der Waals surface area contributed by atoms with Gasteiger partial charge in [0.25, 0.3) is 5.69 Å². The molecule has 27 heavy (non-hydrogen) atoms. The van der Waals surface area contributed by atoms with Crippen LogP contribution >= 0.6 is 0 Å². The maximum atomic E-state index is 12.8. The van der Waals surface area contributed by atoms with Crippen LogP contribution in [0.2, 0.25) is 0 Å². The van der Waals surface area contributed by atoms with Gasteiger partial charge in [0.2, 0.25) is 5.95 Å². The van der Waals surface area contributed by atoms with Crippen LogP contribution in [-0.2, 0) is 9.53 Å². The van der Waals surface area contributed by atoms with Crippen LogP contribution in [0.3, 0.4) is 0 Å².